The molecule has 0 saturated heterocycles. The summed E-state index contributed by atoms with van der Waals surface area (Å²) in [6, 6.07) is 12.3. The van der Waals surface area contributed by atoms with Crippen molar-refractivity contribution in [3.63, 3.8) is 0 Å². The number of fused-ring (bicyclic) bond motifs is 3. The summed E-state index contributed by atoms with van der Waals surface area (Å²) in [6.07, 6.45) is 1.56. The van der Waals surface area contributed by atoms with Gasteiger partial charge in [0.1, 0.15) is 0 Å². The van der Waals surface area contributed by atoms with Crippen molar-refractivity contribution in [1.29, 1.82) is 0 Å². The lowest BCUT2D eigenvalue weighted by Crippen LogP contribution is -2.17. The van der Waals surface area contributed by atoms with Crippen LogP contribution in [-0.4, -0.2) is 21.4 Å². The summed E-state index contributed by atoms with van der Waals surface area (Å²) < 4.78 is 7.21. The minimum Gasteiger partial charge on any atom is -0.448 e. The number of rotatable bonds is 2. The number of benzene rings is 2. The molecule has 0 spiro atoms. The molecule has 1 aliphatic heterocycles. The van der Waals surface area contributed by atoms with E-state index in [1.54, 1.807) is 0 Å². The minimum atomic E-state index is -0.359. The largest absolute Gasteiger partial charge is 0.448 e. The van der Waals surface area contributed by atoms with Crippen LogP contribution in [0.4, 0.5) is 5.69 Å². The third kappa shape index (κ3) is 3.17. The van der Waals surface area contributed by atoms with Gasteiger partial charge in [-0.2, -0.15) is 4.98 Å². The molecule has 1 aromatic heterocycles. The minimum absolute atomic E-state index is 0.359. The molecule has 0 unspecified atom stereocenters. The first-order valence-corrected chi connectivity index (χ1v) is 10.2. The third-order valence-electron chi connectivity index (χ3n) is 4.40. The van der Waals surface area contributed by atoms with Crippen molar-refractivity contribution in [3.05, 3.63) is 57.6 Å². The second-order valence-corrected chi connectivity index (χ2v) is 7.82. The highest BCUT2D eigenvalue weighted by atomic mass is 79.9. The molecule has 0 amide bonds. The lowest BCUT2D eigenvalue weighted by Gasteiger charge is -2.20. The summed E-state index contributed by atoms with van der Waals surface area (Å²) >= 11 is 4.97. The highest BCUT2D eigenvalue weighted by Crippen LogP contribution is 2.40. The Labute approximate surface area is 164 Å². The van der Waals surface area contributed by atoms with Gasteiger partial charge in [-0.15, -0.1) is 10.2 Å². The fraction of sp³-hybridized carbons (Fsp3) is 0.211. The molecule has 0 radical (unpaired) electrons. The van der Waals surface area contributed by atoms with Crippen molar-refractivity contribution in [2.45, 2.75) is 25.2 Å². The monoisotopic (exact) mass is 428 g/mol. The second-order valence-electron chi connectivity index (χ2n) is 6.13. The van der Waals surface area contributed by atoms with Gasteiger partial charge in [0.05, 0.1) is 0 Å². The Morgan fingerprint density at radius 2 is 1.92 bits per heavy atom. The Morgan fingerprint density at radius 1 is 1.08 bits per heavy atom. The highest BCUT2D eigenvalue weighted by molar-refractivity contribution is 9.10. The highest BCUT2D eigenvalue weighted by Gasteiger charge is 2.26. The average Bonchev–Trinajstić information content (AvgIpc) is 2.80. The van der Waals surface area contributed by atoms with Crippen LogP contribution in [0.5, 0.6) is 5.88 Å². The molecule has 4 rings (SSSR count). The molecule has 5 nitrogen and oxygen atoms in total. The predicted octanol–water partition coefficient (Wildman–Crippen LogP) is 5.14. The normalized spacial score (nSPS) is 15.3. The van der Waals surface area contributed by atoms with Crippen LogP contribution in [0, 0.1) is 13.8 Å². The fourth-order valence-corrected chi connectivity index (χ4v) is 3.49. The number of hydrogen-bond acceptors (Lipinski definition) is 6. The smallest absolute Gasteiger partial charge is 0.247 e. The van der Waals surface area contributed by atoms with Crippen LogP contribution in [-0.2, 0) is 0 Å². The Kier molecular flexibility index (Phi) is 4.58. The number of halogens is 1. The van der Waals surface area contributed by atoms with Gasteiger partial charge >= 0.3 is 0 Å². The first-order chi connectivity index (χ1) is 12.5. The van der Waals surface area contributed by atoms with Crippen LogP contribution in [0.2, 0.25) is 0 Å². The van der Waals surface area contributed by atoms with E-state index in [1.807, 2.05) is 24.5 Å². The molecule has 2 heterocycles. The standard InChI is InChI=1S/C19H17BrN4OS/c1-10-4-5-12(8-11(10)2)17-21-15-7-6-13(20)9-14(15)16-18(25-17)22-19(26-3)24-23-16/h4-9,17,21H,1-3H3/t17-/m0/s1. The van der Waals surface area contributed by atoms with Gasteiger partial charge in [-0.1, -0.05) is 45.9 Å². The van der Waals surface area contributed by atoms with E-state index in [4.69, 9.17) is 4.74 Å². The summed E-state index contributed by atoms with van der Waals surface area (Å²) in [5, 5.41) is 12.6. The van der Waals surface area contributed by atoms with Gasteiger partial charge in [0.2, 0.25) is 11.0 Å². The van der Waals surface area contributed by atoms with Gasteiger partial charge in [0, 0.05) is 21.3 Å². The molecular formula is C19H17BrN4OS. The van der Waals surface area contributed by atoms with Crippen molar-refractivity contribution in [2.75, 3.05) is 11.6 Å². The molecule has 3 aromatic rings. The molecular weight excluding hydrogens is 412 g/mol. The SMILES string of the molecule is CSc1nnc2c(n1)O[C@@H](c1ccc(C)c(C)c1)Nc1ccc(Br)cc1-2. The third-order valence-corrected chi connectivity index (χ3v) is 5.44. The van der Waals surface area contributed by atoms with Crippen LogP contribution in [0.15, 0.2) is 46.0 Å². The van der Waals surface area contributed by atoms with Crippen molar-refractivity contribution in [1.82, 2.24) is 15.2 Å². The average molecular weight is 429 g/mol. The fourth-order valence-electron chi connectivity index (χ4n) is 2.84. The Morgan fingerprint density at radius 3 is 2.69 bits per heavy atom. The summed E-state index contributed by atoms with van der Waals surface area (Å²) in [7, 11) is 0. The van der Waals surface area contributed by atoms with Crippen molar-refractivity contribution in [2.24, 2.45) is 0 Å². The maximum Gasteiger partial charge on any atom is 0.247 e. The van der Waals surface area contributed by atoms with Gasteiger partial charge in [-0.3, -0.25) is 0 Å². The Balaban J connectivity index is 1.87. The zero-order valence-electron chi connectivity index (χ0n) is 14.6. The van der Waals surface area contributed by atoms with Gasteiger partial charge < -0.3 is 10.1 Å². The first kappa shape index (κ1) is 17.3. The zero-order valence-corrected chi connectivity index (χ0v) is 17.0. The number of anilines is 1. The molecule has 26 heavy (non-hydrogen) atoms. The van der Waals surface area contributed by atoms with E-state index in [2.05, 4.69) is 68.5 Å². The lowest BCUT2D eigenvalue weighted by molar-refractivity contribution is 0.225. The molecule has 0 fully saturated rings. The number of hydrogen-bond donors (Lipinski definition) is 1. The number of aromatic nitrogens is 3. The van der Waals surface area contributed by atoms with Crippen molar-refractivity contribution < 1.29 is 4.74 Å². The predicted molar refractivity (Wildman–Crippen MR) is 108 cm³/mol. The number of thioether (sulfide) groups is 1. The molecule has 0 saturated carbocycles. The Bertz CT molecular complexity index is 995. The maximum atomic E-state index is 6.25. The molecule has 1 N–H and O–H groups in total. The molecule has 0 bridgehead atoms. The number of ether oxygens (including phenoxy) is 1. The van der Waals surface area contributed by atoms with E-state index in [0.29, 0.717) is 16.7 Å². The van der Waals surface area contributed by atoms with Crippen LogP contribution < -0.4 is 10.1 Å². The van der Waals surface area contributed by atoms with Crippen molar-refractivity contribution >= 4 is 33.4 Å². The zero-order chi connectivity index (χ0) is 18.3. The lowest BCUT2D eigenvalue weighted by atomic mass is 10.1. The molecule has 1 atom stereocenters. The maximum absolute atomic E-state index is 6.25. The van der Waals surface area contributed by atoms with E-state index in [-0.39, 0.29) is 6.23 Å². The van der Waals surface area contributed by atoms with Crippen LogP contribution in [0.3, 0.4) is 0 Å². The second kappa shape index (κ2) is 6.89. The number of nitrogens with one attached hydrogen (secondary N) is 1. The molecule has 2 aromatic carbocycles. The summed E-state index contributed by atoms with van der Waals surface area (Å²) in [4.78, 5) is 4.55. The van der Waals surface area contributed by atoms with Crippen LogP contribution >= 0.6 is 27.7 Å². The van der Waals surface area contributed by atoms with Gasteiger partial charge in [-0.25, -0.2) is 0 Å². The van der Waals surface area contributed by atoms with E-state index < -0.39 is 0 Å². The van der Waals surface area contributed by atoms with Crippen LogP contribution in [0.1, 0.15) is 22.9 Å². The van der Waals surface area contributed by atoms with E-state index >= 15 is 0 Å². The molecule has 132 valence electrons. The Hall–Kier alpha value is -2.12. The summed E-state index contributed by atoms with van der Waals surface area (Å²) in [6.45, 7) is 4.20. The van der Waals surface area contributed by atoms with E-state index in [1.165, 1.54) is 22.9 Å². The van der Waals surface area contributed by atoms with Crippen LogP contribution in [0.25, 0.3) is 11.3 Å². The van der Waals surface area contributed by atoms with Gasteiger partial charge in [0.25, 0.3) is 0 Å². The van der Waals surface area contributed by atoms with E-state index in [9.17, 15) is 0 Å². The van der Waals surface area contributed by atoms with Gasteiger partial charge in [-0.05, 0) is 49.4 Å². The quantitative estimate of drug-likeness (QED) is 0.569. The van der Waals surface area contributed by atoms with Gasteiger partial charge in [0.15, 0.2) is 11.9 Å². The summed E-state index contributed by atoms with van der Waals surface area (Å²) in [5.74, 6) is 0.483. The number of nitrogens with zero attached hydrogens (tertiary/aromatic N) is 3. The topological polar surface area (TPSA) is 59.9 Å². The molecule has 7 heteroatoms. The van der Waals surface area contributed by atoms with Crippen molar-refractivity contribution in [3.8, 4) is 17.1 Å². The first-order valence-electron chi connectivity index (χ1n) is 8.14. The molecule has 1 aliphatic rings. The molecule has 0 aliphatic carbocycles. The summed E-state index contributed by atoms with van der Waals surface area (Å²) in [5.41, 5.74) is 5.99. The number of aryl methyl sites for hydroxylation is 2. The van der Waals surface area contributed by atoms with E-state index in [0.717, 1.165) is 21.3 Å².